The summed E-state index contributed by atoms with van der Waals surface area (Å²) in [5, 5.41) is 3.32. The van der Waals surface area contributed by atoms with Crippen LogP contribution in [0, 0.1) is 11.6 Å². The van der Waals surface area contributed by atoms with Crippen molar-refractivity contribution in [2.75, 3.05) is 39.3 Å². The number of hydrogen-bond acceptors (Lipinski definition) is 2. The Kier molecular flexibility index (Phi) is 6.02. The van der Waals surface area contributed by atoms with E-state index in [1.54, 1.807) is 6.07 Å². The number of likely N-dealkylation sites (tertiary alicyclic amines) is 1. The van der Waals surface area contributed by atoms with Gasteiger partial charge in [0, 0.05) is 45.3 Å². The SMILES string of the molecule is CCNC(=NCCc1cccc(F)c1F)N1CCC(N2CC=CC2)C1. The average Bonchev–Trinajstić information content (AvgIpc) is 3.28. The summed E-state index contributed by atoms with van der Waals surface area (Å²) in [6, 6.07) is 4.86. The number of halogens is 2. The van der Waals surface area contributed by atoms with E-state index in [1.165, 1.54) is 6.07 Å². The zero-order valence-corrected chi connectivity index (χ0v) is 14.7. The van der Waals surface area contributed by atoms with Crippen LogP contribution in [0.25, 0.3) is 0 Å². The Bertz CT molecular complexity index is 636. The molecule has 1 unspecified atom stereocenters. The van der Waals surface area contributed by atoms with Gasteiger partial charge in [-0.3, -0.25) is 9.89 Å². The largest absolute Gasteiger partial charge is 0.357 e. The van der Waals surface area contributed by atoms with Gasteiger partial charge in [-0.2, -0.15) is 0 Å². The molecule has 0 radical (unpaired) electrons. The summed E-state index contributed by atoms with van der Waals surface area (Å²) in [5.74, 6) is -0.686. The van der Waals surface area contributed by atoms with Crippen molar-refractivity contribution in [3.63, 3.8) is 0 Å². The highest BCUT2D eigenvalue weighted by molar-refractivity contribution is 5.80. The highest BCUT2D eigenvalue weighted by atomic mass is 19.2. The summed E-state index contributed by atoms with van der Waals surface area (Å²) in [5.41, 5.74) is 0.377. The maximum absolute atomic E-state index is 13.7. The van der Waals surface area contributed by atoms with Gasteiger partial charge in [0.2, 0.25) is 0 Å². The Hall–Kier alpha value is -1.95. The highest BCUT2D eigenvalue weighted by Gasteiger charge is 2.29. The summed E-state index contributed by atoms with van der Waals surface area (Å²) in [7, 11) is 0. The Morgan fingerprint density at radius 2 is 2.08 bits per heavy atom. The fraction of sp³-hybridized carbons (Fsp3) is 0.526. The molecule has 6 heteroatoms. The quantitative estimate of drug-likeness (QED) is 0.504. The van der Waals surface area contributed by atoms with Gasteiger partial charge in [-0.1, -0.05) is 24.3 Å². The molecule has 0 amide bonds. The molecule has 0 aliphatic carbocycles. The molecule has 3 rings (SSSR count). The smallest absolute Gasteiger partial charge is 0.193 e. The number of nitrogens with one attached hydrogen (secondary N) is 1. The van der Waals surface area contributed by atoms with Gasteiger partial charge in [0.25, 0.3) is 0 Å². The van der Waals surface area contributed by atoms with Crippen LogP contribution in [0.2, 0.25) is 0 Å². The van der Waals surface area contributed by atoms with Gasteiger partial charge < -0.3 is 10.2 Å². The lowest BCUT2D eigenvalue weighted by molar-refractivity contribution is 0.259. The van der Waals surface area contributed by atoms with Gasteiger partial charge in [0.15, 0.2) is 17.6 Å². The van der Waals surface area contributed by atoms with Gasteiger partial charge in [-0.15, -0.1) is 0 Å². The Labute approximate surface area is 148 Å². The third kappa shape index (κ3) is 4.37. The fourth-order valence-corrected chi connectivity index (χ4v) is 3.47. The minimum atomic E-state index is -0.796. The first kappa shape index (κ1) is 17.9. The van der Waals surface area contributed by atoms with E-state index in [4.69, 9.17) is 0 Å². The summed E-state index contributed by atoms with van der Waals surface area (Å²) in [4.78, 5) is 9.38. The lowest BCUT2D eigenvalue weighted by Gasteiger charge is -2.25. The van der Waals surface area contributed by atoms with Crippen molar-refractivity contribution in [3.8, 4) is 0 Å². The molecule has 1 saturated heterocycles. The summed E-state index contributed by atoms with van der Waals surface area (Å²) in [6.07, 6.45) is 5.96. The molecule has 136 valence electrons. The molecule has 1 N–H and O–H groups in total. The molecule has 1 fully saturated rings. The summed E-state index contributed by atoms with van der Waals surface area (Å²) < 4.78 is 27.0. The maximum atomic E-state index is 13.7. The molecule has 2 heterocycles. The second kappa shape index (κ2) is 8.43. The third-order valence-electron chi connectivity index (χ3n) is 4.83. The molecule has 2 aliphatic heterocycles. The van der Waals surface area contributed by atoms with Crippen LogP contribution in [0.1, 0.15) is 18.9 Å². The van der Waals surface area contributed by atoms with Crippen molar-refractivity contribution in [1.29, 1.82) is 0 Å². The topological polar surface area (TPSA) is 30.9 Å². The molecule has 0 spiro atoms. The molecule has 25 heavy (non-hydrogen) atoms. The van der Waals surface area contributed by atoms with Crippen LogP contribution in [0.4, 0.5) is 8.78 Å². The van der Waals surface area contributed by atoms with E-state index in [0.29, 0.717) is 24.6 Å². The highest BCUT2D eigenvalue weighted by Crippen LogP contribution is 2.18. The normalized spacial score (nSPS) is 21.3. The van der Waals surface area contributed by atoms with Gasteiger partial charge in [0.1, 0.15) is 0 Å². The third-order valence-corrected chi connectivity index (χ3v) is 4.83. The van der Waals surface area contributed by atoms with Crippen LogP contribution in [0.15, 0.2) is 35.3 Å². The van der Waals surface area contributed by atoms with E-state index in [2.05, 4.69) is 32.3 Å². The van der Waals surface area contributed by atoms with Crippen LogP contribution in [-0.4, -0.2) is 61.1 Å². The molecule has 2 aliphatic rings. The van der Waals surface area contributed by atoms with Crippen LogP contribution in [0.3, 0.4) is 0 Å². The number of nitrogens with zero attached hydrogens (tertiary/aromatic N) is 3. The number of aliphatic imine (C=N–C) groups is 1. The average molecular weight is 348 g/mol. The van der Waals surface area contributed by atoms with Crippen LogP contribution in [0.5, 0.6) is 0 Å². The maximum Gasteiger partial charge on any atom is 0.193 e. The first-order valence-electron chi connectivity index (χ1n) is 9.04. The van der Waals surface area contributed by atoms with Gasteiger partial charge in [-0.05, 0) is 31.4 Å². The zero-order valence-electron chi connectivity index (χ0n) is 14.7. The van der Waals surface area contributed by atoms with Crippen molar-refractivity contribution in [2.24, 2.45) is 4.99 Å². The van der Waals surface area contributed by atoms with E-state index >= 15 is 0 Å². The standard InChI is InChI=1S/C19H26F2N4/c1-2-22-19(23-10-8-15-6-5-7-17(20)18(15)21)25-13-9-16(14-25)24-11-3-4-12-24/h3-7,16H,2,8-14H2,1H3,(H,22,23). The van der Waals surface area contributed by atoms with Crippen molar-refractivity contribution in [1.82, 2.24) is 15.1 Å². The molecule has 0 saturated carbocycles. The molecular formula is C19H26F2N4. The lowest BCUT2D eigenvalue weighted by Crippen LogP contribution is -2.43. The Balaban J connectivity index is 1.58. The van der Waals surface area contributed by atoms with E-state index in [9.17, 15) is 8.78 Å². The second-order valence-corrected chi connectivity index (χ2v) is 6.51. The number of rotatable bonds is 5. The summed E-state index contributed by atoms with van der Waals surface area (Å²) >= 11 is 0. The molecule has 1 aromatic rings. The van der Waals surface area contributed by atoms with Crippen molar-refractivity contribution >= 4 is 5.96 Å². The van der Waals surface area contributed by atoms with Gasteiger partial charge in [-0.25, -0.2) is 8.78 Å². The van der Waals surface area contributed by atoms with E-state index in [1.807, 2.05) is 6.92 Å². The number of hydrogen-bond donors (Lipinski definition) is 1. The lowest BCUT2D eigenvalue weighted by atomic mass is 10.1. The monoisotopic (exact) mass is 348 g/mol. The fourth-order valence-electron chi connectivity index (χ4n) is 3.47. The second-order valence-electron chi connectivity index (χ2n) is 6.51. The van der Waals surface area contributed by atoms with E-state index < -0.39 is 11.6 Å². The first-order valence-corrected chi connectivity index (χ1v) is 9.04. The minimum absolute atomic E-state index is 0.377. The van der Waals surface area contributed by atoms with Crippen molar-refractivity contribution < 1.29 is 8.78 Å². The Morgan fingerprint density at radius 1 is 1.28 bits per heavy atom. The van der Waals surface area contributed by atoms with Crippen LogP contribution < -0.4 is 5.32 Å². The van der Waals surface area contributed by atoms with E-state index in [0.717, 1.165) is 51.2 Å². The molecule has 0 aromatic heterocycles. The zero-order chi connectivity index (χ0) is 17.6. The molecular weight excluding hydrogens is 322 g/mol. The van der Waals surface area contributed by atoms with Crippen LogP contribution >= 0.6 is 0 Å². The molecule has 0 bridgehead atoms. The van der Waals surface area contributed by atoms with Crippen molar-refractivity contribution in [3.05, 3.63) is 47.5 Å². The predicted octanol–water partition coefficient (Wildman–Crippen LogP) is 2.42. The number of guanidine groups is 1. The van der Waals surface area contributed by atoms with E-state index in [-0.39, 0.29) is 0 Å². The van der Waals surface area contributed by atoms with Gasteiger partial charge >= 0.3 is 0 Å². The molecule has 1 atom stereocenters. The predicted molar refractivity (Wildman–Crippen MR) is 96.7 cm³/mol. The number of benzene rings is 1. The minimum Gasteiger partial charge on any atom is -0.357 e. The van der Waals surface area contributed by atoms with Crippen LogP contribution in [-0.2, 0) is 6.42 Å². The Morgan fingerprint density at radius 3 is 2.84 bits per heavy atom. The van der Waals surface area contributed by atoms with Gasteiger partial charge in [0.05, 0.1) is 0 Å². The van der Waals surface area contributed by atoms with Crippen molar-refractivity contribution in [2.45, 2.75) is 25.8 Å². The summed E-state index contributed by atoms with van der Waals surface area (Å²) in [6.45, 7) is 7.27. The molecule has 4 nitrogen and oxygen atoms in total. The first-order chi connectivity index (χ1) is 12.2. The molecule has 1 aromatic carbocycles.